The van der Waals surface area contributed by atoms with Crippen molar-refractivity contribution in [3.05, 3.63) is 53.0 Å². The van der Waals surface area contributed by atoms with E-state index in [1.807, 2.05) is 25.5 Å². The lowest BCUT2D eigenvalue weighted by Gasteiger charge is -2.15. The maximum atomic E-state index is 4.43. The molecular formula is C19H26IN5S. The predicted molar refractivity (Wildman–Crippen MR) is 122 cm³/mol. The lowest BCUT2D eigenvalue weighted by atomic mass is 10.1. The molecule has 1 atom stereocenters. The van der Waals surface area contributed by atoms with Gasteiger partial charge in [-0.25, -0.2) is 4.98 Å². The van der Waals surface area contributed by atoms with Crippen molar-refractivity contribution >= 4 is 52.3 Å². The normalized spacial score (nSPS) is 12.6. The second-order valence-electron chi connectivity index (χ2n) is 6.08. The predicted octanol–water partition coefficient (Wildman–Crippen LogP) is 4.07. The number of hydrogen-bond donors (Lipinski definition) is 2. The molecule has 2 heterocycles. The topological polar surface area (TPSA) is 54.2 Å². The number of guanidine groups is 1. The number of rotatable bonds is 7. The number of aryl methyl sites for hydroxylation is 1. The smallest absolute Gasteiger partial charge is 0.190 e. The molecule has 7 heteroatoms. The molecule has 2 aromatic heterocycles. The zero-order valence-electron chi connectivity index (χ0n) is 15.2. The second kappa shape index (κ2) is 10.5. The summed E-state index contributed by atoms with van der Waals surface area (Å²) in [7, 11) is 1.81. The van der Waals surface area contributed by atoms with Gasteiger partial charge in [-0.3, -0.25) is 4.99 Å². The third-order valence-electron chi connectivity index (χ3n) is 4.22. The minimum Gasteiger partial charge on any atom is -0.356 e. The highest BCUT2D eigenvalue weighted by molar-refractivity contribution is 14.0. The molecule has 0 aliphatic heterocycles. The first-order valence-corrected chi connectivity index (χ1v) is 9.53. The summed E-state index contributed by atoms with van der Waals surface area (Å²) in [6.45, 7) is 4.93. The summed E-state index contributed by atoms with van der Waals surface area (Å²) >= 11 is 1.80. The fourth-order valence-corrected chi connectivity index (χ4v) is 3.57. The van der Waals surface area contributed by atoms with Crippen LogP contribution >= 0.6 is 35.3 Å². The number of halogens is 1. The van der Waals surface area contributed by atoms with Gasteiger partial charge >= 0.3 is 0 Å². The van der Waals surface area contributed by atoms with Crippen LogP contribution in [0.15, 0.2) is 53.1 Å². The van der Waals surface area contributed by atoms with Gasteiger partial charge in [0.2, 0.25) is 0 Å². The van der Waals surface area contributed by atoms with Gasteiger partial charge in [0.1, 0.15) is 0 Å². The van der Waals surface area contributed by atoms with Gasteiger partial charge in [-0.05, 0) is 30.0 Å². The summed E-state index contributed by atoms with van der Waals surface area (Å²) in [5.74, 6) is 1.34. The molecule has 0 amide bonds. The average Bonchev–Trinajstić information content (AvgIpc) is 3.31. The molecule has 26 heavy (non-hydrogen) atoms. The number of hydrogen-bond acceptors (Lipinski definition) is 3. The quantitative estimate of drug-likeness (QED) is 0.231. The Balaban J connectivity index is 0.00000243. The van der Waals surface area contributed by atoms with Crippen LogP contribution < -0.4 is 10.6 Å². The van der Waals surface area contributed by atoms with Crippen LogP contribution in [0, 0.1) is 0 Å². The van der Waals surface area contributed by atoms with E-state index in [2.05, 4.69) is 61.7 Å². The van der Waals surface area contributed by atoms with Crippen molar-refractivity contribution in [3.63, 3.8) is 0 Å². The van der Waals surface area contributed by atoms with Gasteiger partial charge in [0.25, 0.3) is 0 Å². The Kier molecular flexibility index (Phi) is 8.37. The zero-order chi connectivity index (χ0) is 17.5. The summed E-state index contributed by atoms with van der Waals surface area (Å²) in [4.78, 5) is 10.1. The number of thiophene rings is 1. The van der Waals surface area contributed by atoms with Gasteiger partial charge in [-0.15, -0.1) is 35.3 Å². The fraction of sp³-hybridized carbons (Fsp3) is 0.368. The highest BCUT2D eigenvalue weighted by Gasteiger charge is 2.07. The van der Waals surface area contributed by atoms with Crippen LogP contribution in [-0.2, 0) is 6.54 Å². The first-order valence-electron chi connectivity index (χ1n) is 8.65. The number of aliphatic imine (C=N–C) groups is 1. The maximum Gasteiger partial charge on any atom is 0.190 e. The number of imidazole rings is 1. The van der Waals surface area contributed by atoms with E-state index in [-0.39, 0.29) is 24.0 Å². The Morgan fingerprint density at radius 1 is 1.23 bits per heavy atom. The number of para-hydroxylation sites is 2. The molecule has 0 radical (unpaired) electrons. The number of fused-ring (bicyclic) bond motifs is 1. The molecule has 2 N–H and O–H groups in total. The maximum absolute atomic E-state index is 4.43. The van der Waals surface area contributed by atoms with E-state index in [0.717, 1.165) is 37.5 Å². The van der Waals surface area contributed by atoms with E-state index in [9.17, 15) is 0 Å². The van der Waals surface area contributed by atoms with Gasteiger partial charge in [-0.1, -0.05) is 25.1 Å². The van der Waals surface area contributed by atoms with Crippen LogP contribution in [0.2, 0.25) is 0 Å². The summed E-state index contributed by atoms with van der Waals surface area (Å²) in [6.07, 6.45) is 2.93. The fourth-order valence-electron chi connectivity index (χ4n) is 2.79. The van der Waals surface area contributed by atoms with E-state index in [4.69, 9.17) is 0 Å². The van der Waals surface area contributed by atoms with E-state index < -0.39 is 0 Å². The summed E-state index contributed by atoms with van der Waals surface area (Å²) < 4.78 is 2.20. The molecule has 5 nitrogen and oxygen atoms in total. The van der Waals surface area contributed by atoms with Gasteiger partial charge in [0.15, 0.2) is 5.96 Å². The third-order valence-corrected chi connectivity index (χ3v) is 5.33. The minimum absolute atomic E-state index is 0. The molecule has 0 saturated heterocycles. The van der Waals surface area contributed by atoms with Crippen molar-refractivity contribution in [2.75, 3.05) is 20.1 Å². The third kappa shape index (κ3) is 5.44. The SMILES string of the molecule is CN=C(NCCCn1cnc2ccccc21)NCC(C)c1cccs1.I. The number of benzene rings is 1. The van der Waals surface area contributed by atoms with Gasteiger partial charge in [0, 0.05) is 37.5 Å². The van der Waals surface area contributed by atoms with Crippen molar-refractivity contribution in [3.8, 4) is 0 Å². The Morgan fingerprint density at radius 3 is 2.85 bits per heavy atom. The monoisotopic (exact) mass is 483 g/mol. The van der Waals surface area contributed by atoms with Gasteiger partial charge < -0.3 is 15.2 Å². The molecule has 1 unspecified atom stereocenters. The minimum atomic E-state index is 0. The van der Waals surface area contributed by atoms with Crippen LogP contribution in [0.5, 0.6) is 0 Å². The molecule has 3 aromatic rings. The molecule has 3 rings (SSSR count). The molecule has 0 spiro atoms. The van der Waals surface area contributed by atoms with Crippen LogP contribution in [-0.4, -0.2) is 35.6 Å². The van der Waals surface area contributed by atoms with Crippen molar-refractivity contribution in [1.29, 1.82) is 0 Å². The van der Waals surface area contributed by atoms with Crippen molar-refractivity contribution in [1.82, 2.24) is 20.2 Å². The van der Waals surface area contributed by atoms with Crippen LogP contribution in [0.25, 0.3) is 11.0 Å². The molecule has 0 saturated carbocycles. The van der Waals surface area contributed by atoms with Gasteiger partial charge in [-0.2, -0.15) is 0 Å². The number of nitrogens with one attached hydrogen (secondary N) is 2. The lowest BCUT2D eigenvalue weighted by Crippen LogP contribution is -2.39. The molecule has 140 valence electrons. The Morgan fingerprint density at radius 2 is 2.08 bits per heavy atom. The number of aromatic nitrogens is 2. The molecule has 0 aliphatic rings. The summed E-state index contributed by atoms with van der Waals surface area (Å²) in [5.41, 5.74) is 2.24. The van der Waals surface area contributed by atoms with Crippen LogP contribution in [0.1, 0.15) is 24.1 Å². The molecule has 0 aliphatic carbocycles. The largest absolute Gasteiger partial charge is 0.356 e. The zero-order valence-corrected chi connectivity index (χ0v) is 18.3. The van der Waals surface area contributed by atoms with Crippen molar-refractivity contribution in [2.45, 2.75) is 25.8 Å². The van der Waals surface area contributed by atoms with Crippen molar-refractivity contribution in [2.24, 2.45) is 4.99 Å². The Labute approximate surface area is 176 Å². The van der Waals surface area contributed by atoms with E-state index >= 15 is 0 Å². The summed E-state index contributed by atoms with van der Waals surface area (Å²) in [5, 5.41) is 8.92. The van der Waals surface area contributed by atoms with E-state index in [1.54, 1.807) is 11.3 Å². The highest BCUT2D eigenvalue weighted by atomic mass is 127. The second-order valence-corrected chi connectivity index (χ2v) is 7.06. The van der Waals surface area contributed by atoms with Crippen LogP contribution in [0.3, 0.4) is 0 Å². The summed E-state index contributed by atoms with van der Waals surface area (Å²) in [6, 6.07) is 12.5. The molecular weight excluding hydrogens is 457 g/mol. The first kappa shape index (κ1) is 20.7. The van der Waals surface area contributed by atoms with E-state index in [0.29, 0.717) is 5.92 Å². The van der Waals surface area contributed by atoms with E-state index in [1.165, 1.54) is 10.4 Å². The Bertz CT molecular complexity index is 812. The highest BCUT2D eigenvalue weighted by Crippen LogP contribution is 2.19. The average molecular weight is 483 g/mol. The Hall–Kier alpha value is -1.61. The van der Waals surface area contributed by atoms with Gasteiger partial charge in [0.05, 0.1) is 17.4 Å². The number of nitrogens with zero attached hydrogens (tertiary/aromatic N) is 3. The standard InChI is InChI=1S/C19H25N5S.HI/c1-15(18-9-5-12-25-18)13-22-19(20-2)21-10-6-11-24-14-23-16-7-3-4-8-17(16)24;/h3-5,7-9,12,14-15H,6,10-11,13H2,1-2H3,(H2,20,21,22);1H. The molecule has 0 fully saturated rings. The van der Waals surface area contributed by atoms with Crippen LogP contribution in [0.4, 0.5) is 0 Å². The first-order chi connectivity index (χ1) is 12.3. The molecule has 1 aromatic carbocycles. The molecule has 0 bridgehead atoms. The lowest BCUT2D eigenvalue weighted by molar-refractivity contribution is 0.632. The van der Waals surface area contributed by atoms with Crippen molar-refractivity contribution < 1.29 is 0 Å².